The first-order valence-corrected chi connectivity index (χ1v) is 6.69. The Hall–Kier alpha value is -2.57. The maximum atomic E-state index is 12.5. The fourth-order valence-electron chi connectivity index (χ4n) is 2.42. The van der Waals surface area contributed by atoms with Gasteiger partial charge in [-0.25, -0.2) is 4.79 Å². The molecule has 0 unspecified atom stereocenters. The predicted octanol–water partition coefficient (Wildman–Crippen LogP) is 0.556. The number of rotatable bonds is 4. The van der Waals surface area contributed by atoms with Crippen molar-refractivity contribution in [3.63, 3.8) is 0 Å². The van der Waals surface area contributed by atoms with Crippen LogP contribution in [0.5, 0.6) is 0 Å². The summed E-state index contributed by atoms with van der Waals surface area (Å²) in [5.41, 5.74) is 1.41. The third-order valence-corrected chi connectivity index (χ3v) is 3.71. The third kappa shape index (κ3) is 2.42. The Balaban J connectivity index is 1.98. The van der Waals surface area contributed by atoms with Crippen LogP contribution < -0.4 is 5.69 Å². The number of nitrogens with one attached hydrogen (secondary N) is 1. The number of carboxylic acids is 1. The number of carbonyl (C=O) groups is 2. The van der Waals surface area contributed by atoms with Crippen molar-refractivity contribution >= 4 is 22.9 Å². The second kappa shape index (κ2) is 4.76. The number of H-pyrrole nitrogens is 1. The molecule has 2 aromatic rings. The smallest absolute Gasteiger partial charge is 0.326 e. The number of aliphatic carboxylic acids is 1. The van der Waals surface area contributed by atoms with E-state index in [2.05, 4.69) is 4.98 Å². The Morgan fingerprint density at radius 3 is 2.76 bits per heavy atom. The predicted molar refractivity (Wildman–Crippen MR) is 75.2 cm³/mol. The van der Waals surface area contributed by atoms with Crippen molar-refractivity contribution in [2.45, 2.75) is 18.9 Å². The number of imidazole rings is 1. The first-order valence-electron chi connectivity index (χ1n) is 6.69. The van der Waals surface area contributed by atoms with Crippen LogP contribution in [0.2, 0.25) is 0 Å². The molecule has 110 valence electrons. The maximum absolute atomic E-state index is 12.5. The second-order valence-electron chi connectivity index (χ2n) is 5.28. The van der Waals surface area contributed by atoms with Gasteiger partial charge in [0.1, 0.15) is 6.54 Å². The van der Waals surface area contributed by atoms with E-state index >= 15 is 0 Å². The summed E-state index contributed by atoms with van der Waals surface area (Å²) in [5, 5.41) is 8.93. The molecule has 0 atom stereocenters. The number of benzene rings is 1. The molecule has 1 saturated carbocycles. The molecule has 7 nitrogen and oxygen atoms in total. The molecular weight excluding hydrogens is 274 g/mol. The molecule has 0 radical (unpaired) electrons. The molecule has 1 aliphatic carbocycles. The van der Waals surface area contributed by atoms with Crippen LogP contribution in [-0.2, 0) is 11.8 Å². The van der Waals surface area contributed by atoms with E-state index in [1.54, 1.807) is 25.2 Å². The van der Waals surface area contributed by atoms with Gasteiger partial charge in [0.2, 0.25) is 0 Å². The lowest BCUT2D eigenvalue weighted by atomic mass is 10.1. The number of hydrogen-bond donors (Lipinski definition) is 2. The first-order chi connectivity index (χ1) is 9.97. The van der Waals surface area contributed by atoms with Crippen LogP contribution in [0.1, 0.15) is 23.2 Å². The number of aryl methyl sites for hydroxylation is 1. The van der Waals surface area contributed by atoms with Crippen molar-refractivity contribution in [1.82, 2.24) is 14.5 Å². The maximum Gasteiger partial charge on any atom is 0.326 e. The number of aromatic nitrogens is 2. The molecule has 0 spiro atoms. The summed E-state index contributed by atoms with van der Waals surface area (Å²) in [7, 11) is 1.62. The third-order valence-electron chi connectivity index (χ3n) is 3.71. The van der Waals surface area contributed by atoms with Crippen LogP contribution in [-0.4, -0.2) is 44.0 Å². The molecule has 0 bridgehead atoms. The molecule has 21 heavy (non-hydrogen) atoms. The molecule has 1 aromatic carbocycles. The Labute approximate surface area is 119 Å². The van der Waals surface area contributed by atoms with Gasteiger partial charge >= 0.3 is 11.7 Å². The average molecular weight is 289 g/mol. The lowest BCUT2D eigenvalue weighted by Crippen LogP contribution is -2.37. The SMILES string of the molecule is Cn1c(=O)[nH]c2ccc(C(=O)N(CC(=O)O)C3CC3)cc21. The van der Waals surface area contributed by atoms with E-state index in [4.69, 9.17) is 5.11 Å². The zero-order chi connectivity index (χ0) is 15.1. The van der Waals surface area contributed by atoms with Gasteiger partial charge in [0.05, 0.1) is 11.0 Å². The van der Waals surface area contributed by atoms with Crippen molar-refractivity contribution in [3.05, 3.63) is 34.2 Å². The Morgan fingerprint density at radius 2 is 2.14 bits per heavy atom. The zero-order valence-electron chi connectivity index (χ0n) is 11.5. The highest BCUT2D eigenvalue weighted by Gasteiger charge is 2.34. The van der Waals surface area contributed by atoms with Crippen LogP contribution in [0, 0.1) is 0 Å². The molecule has 2 N–H and O–H groups in total. The molecule has 1 heterocycles. The van der Waals surface area contributed by atoms with E-state index in [0.717, 1.165) is 12.8 Å². The van der Waals surface area contributed by atoms with Gasteiger partial charge in [-0.2, -0.15) is 0 Å². The molecule has 0 aliphatic heterocycles. The summed E-state index contributed by atoms with van der Waals surface area (Å²) < 4.78 is 1.42. The minimum absolute atomic E-state index is 0.0133. The summed E-state index contributed by atoms with van der Waals surface area (Å²) in [5.74, 6) is -1.33. The van der Waals surface area contributed by atoms with Gasteiger partial charge in [-0.05, 0) is 31.0 Å². The molecule has 1 fully saturated rings. The van der Waals surface area contributed by atoms with Crippen LogP contribution in [0.15, 0.2) is 23.0 Å². The lowest BCUT2D eigenvalue weighted by molar-refractivity contribution is -0.137. The van der Waals surface area contributed by atoms with Gasteiger partial charge in [0.15, 0.2) is 0 Å². The van der Waals surface area contributed by atoms with Crippen molar-refractivity contribution < 1.29 is 14.7 Å². The number of carbonyl (C=O) groups excluding carboxylic acids is 1. The van der Waals surface area contributed by atoms with E-state index in [1.165, 1.54) is 9.47 Å². The normalized spacial score (nSPS) is 14.3. The molecule has 3 rings (SSSR count). The number of hydrogen-bond acceptors (Lipinski definition) is 3. The van der Waals surface area contributed by atoms with E-state index in [0.29, 0.717) is 16.6 Å². The number of fused-ring (bicyclic) bond motifs is 1. The summed E-state index contributed by atoms with van der Waals surface area (Å²) in [6.07, 6.45) is 1.67. The van der Waals surface area contributed by atoms with E-state index < -0.39 is 5.97 Å². The van der Waals surface area contributed by atoms with Crippen LogP contribution >= 0.6 is 0 Å². The Morgan fingerprint density at radius 1 is 1.43 bits per heavy atom. The highest BCUT2D eigenvalue weighted by molar-refractivity contribution is 5.99. The summed E-state index contributed by atoms with van der Waals surface area (Å²) >= 11 is 0. The quantitative estimate of drug-likeness (QED) is 0.859. The second-order valence-corrected chi connectivity index (χ2v) is 5.28. The minimum atomic E-state index is -1.02. The van der Waals surface area contributed by atoms with E-state index in [-0.39, 0.29) is 24.2 Å². The fraction of sp³-hybridized carbons (Fsp3) is 0.357. The zero-order valence-corrected chi connectivity index (χ0v) is 11.5. The van der Waals surface area contributed by atoms with Crippen molar-refractivity contribution in [3.8, 4) is 0 Å². The molecule has 1 amide bonds. The summed E-state index contributed by atoms with van der Waals surface area (Å²) in [6, 6.07) is 4.90. The molecular formula is C14H15N3O4. The molecule has 7 heteroatoms. The topological polar surface area (TPSA) is 95.4 Å². The number of aromatic amines is 1. The van der Waals surface area contributed by atoms with Crippen LogP contribution in [0.25, 0.3) is 11.0 Å². The van der Waals surface area contributed by atoms with E-state index in [1.807, 2.05) is 0 Å². The summed E-state index contributed by atoms with van der Waals surface area (Å²) in [4.78, 5) is 39.0. The van der Waals surface area contributed by atoms with Crippen molar-refractivity contribution in [2.75, 3.05) is 6.54 Å². The number of nitrogens with zero attached hydrogens (tertiary/aromatic N) is 2. The standard InChI is InChI=1S/C14H15N3O4/c1-16-11-6-8(2-5-10(11)15-14(16)21)13(20)17(7-12(18)19)9-3-4-9/h2,5-6,9H,3-4,7H2,1H3,(H,15,21)(H,18,19). The van der Waals surface area contributed by atoms with Crippen molar-refractivity contribution in [2.24, 2.45) is 7.05 Å². The van der Waals surface area contributed by atoms with Gasteiger partial charge in [-0.1, -0.05) is 0 Å². The van der Waals surface area contributed by atoms with Gasteiger partial charge in [-0.3, -0.25) is 14.2 Å². The lowest BCUT2D eigenvalue weighted by Gasteiger charge is -2.20. The molecule has 0 saturated heterocycles. The van der Waals surface area contributed by atoms with Gasteiger partial charge in [0.25, 0.3) is 5.91 Å². The monoisotopic (exact) mass is 289 g/mol. The fourth-order valence-corrected chi connectivity index (χ4v) is 2.42. The van der Waals surface area contributed by atoms with Gasteiger partial charge < -0.3 is 15.0 Å². The minimum Gasteiger partial charge on any atom is -0.480 e. The Bertz CT molecular complexity index is 785. The largest absolute Gasteiger partial charge is 0.480 e. The Kier molecular flexibility index (Phi) is 3.04. The van der Waals surface area contributed by atoms with Gasteiger partial charge in [-0.15, -0.1) is 0 Å². The van der Waals surface area contributed by atoms with Crippen LogP contribution in [0.4, 0.5) is 0 Å². The highest BCUT2D eigenvalue weighted by atomic mass is 16.4. The van der Waals surface area contributed by atoms with Gasteiger partial charge in [0, 0.05) is 18.7 Å². The summed E-state index contributed by atoms with van der Waals surface area (Å²) in [6.45, 7) is -0.298. The first kappa shape index (κ1) is 13.4. The molecule has 1 aromatic heterocycles. The highest BCUT2D eigenvalue weighted by Crippen LogP contribution is 2.28. The molecule has 1 aliphatic rings. The van der Waals surface area contributed by atoms with Crippen LogP contribution in [0.3, 0.4) is 0 Å². The average Bonchev–Trinajstić information content (AvgIpc) is 3.24. The number of amides is 1. The van der Waals surface area contributed by atoms with Crippen molar-refractivity contribution in [1.29, 1.82) is 0 Å². The van der Waals surface area contributed by atoms with E-state index in [9.17, 15) is 14.4 Å². The number of carboxylic acid groups (broad SMARTS) is 1.